The Bertz CT molecular complexity index is 561. The first-order valence-corrected chi connectivity index (χ1v) is 7.11. The van der Waals surface area contributed by atoms with Gasteiger partial charge in [0.1, 0.15) is 10.6 Å². The van der Waals surface area contributed by atoms with Crippen LogP contribution in [0.1, 0.15) is 6.42 Å². The number of ether oxygens (including phenoxy) is 1. The van der Waals surface area contributed by atoms with Crippen molar-refractivity contribution >= 4 is 40.6 Å². The fraction of sp³-hybridized carbons (Fsp3) is 0.636. The van der Waals surface area contributed by atoms with E-state index in [0.29, 0.717) is 18.8 Å². The maximum atomic E-state index is 9.76. The molecule has 1 aromatic rings. The molecule has 2 fully saturated rings. The van der Waals surface area contributed by atoms with E-state index in [1.165, 1.54) is 0 Å². The van der Waals surface area contributed by atoms with Crippen molar-refractivity contribution in [2.45, 2.75) is 17.6 Å². The molecule has 0 spiro atoms. The molecule has 2 atom stereocenters. The van der Waals surface area contributed by atoms with Crippen molar-refractivity contribution in [2.75, 3.05) is 31.3 Å². The molecule has 0 aromatic carbocycles. The Balaban J connectivity index is 2.07. The molecule has 3 heterocycles. The van der Waals surface area contributed by atoms with Crippen LogP contribution in [0, 0.1) is 0 Å². The van der Waals surface area contributed by atoms with Crippen molar-refractivity contribution in [3.63, 3.8) is 0 Å². The average molecular weight is 341 g/mol. The van der Waals surface area contributed by atoms with Crippen molar-refractivity contribution in [2.24, 2.45) is 0 Å². The molecule has 0 radical (unpaired) electrons. The first kappa shape index (κ1) is 14.6. The van der Waals surface area contributed by atoms with Crippen molar-refractivity contribution in [1.29, 1.82) is 0 Å². The van der Waals surface area contributed by atoms with Crippen LogP contribution in [-0.4, -0.2) is 57.7 Å². The fourth-order valence-corrected chi connectivity index (χ4v) is 3.48. The van der Waals surface area contributed by atoms with Crippen LogP contribution in [-0.2, 0) is 4.74 Å². The van der Waals surface area contributed by atoms with Gasteiger partial charge in [-0.1, -0.05) is 23.2 Å². The van der Waals surface area contributed by atoms with Crippen LogP contribution in [0.4, 0.5) is 5.82 Å². The zero-order chi connectivity index (χ0) is 14.5. The van der Waals surface area contributed by atoms with Gasteiger partial charge in [-0.3, -0.25) is 0 Å². The summed E-state index contributed by atoms with van der Waals surface area (Å²) in [7, 11) is 0. The van der Waals surface area contributed by atoms with Crippen LogP contribution in [0.25, 0.3) is 0 Å². The molecule has 1 aromatic heterocycles. The summed E-state index contributed by atoms with van der Waals surface area (Å²) in [5, 5.41) is 19.5. The highest BCUT2D eigenvalue weighted by Crippen LogP contribution is 2.48. The summed E-state index contributed by atoms with van der Waals surface area (Å²) in [5.41, 5.74) is -1.39. The van der Waals surface area contributed by atoms with Gasteiger partial charge in [0.25, 0.3) is 0 Å². The van der Waals surface area contributed by atoms with E-state index in [-0.39, 0.29) is 35.3 Å². The van der Waals surface area contributed by atoms with Gasteiger partial charge in [0.05, 0.1) is 31.9 Å². The second-order valence-corrected chi connectivity index (χ2v) is 6.27. The van der Waals surface area contributed by atoms with E-state index in [1.807, 2.05) is 0 Å². The lowest BCUT2D eigenvalue weighted by Gasteiger charge is -2.39. The molecule has 2 N–H and O–H groups in total. The number of aliphatic hydroxyl groups is 2. The summed E-state index contributed by atoms with van der Waals surface area (Å²) >= 11 is 17.9. The lowest BCUT2D eigenvalue weighted by molar-refractivity contribution is -0.0438. The summed E-state index contributed by atoms with van der Waals surface area (Å²) in [5.74, 6) is 0.351. The number of halogens is 3. The van der Waals surface area contributed by atoms with E-state index in [0.717, 1.165) is 0 Å². The second kappa shape index (κ2) is 4.83. The van der Waals surface area contributed by atoms with E-state index in [1.54, 1.807) is 4.90 Å². The third-order valence-corrected chi connectivity index (χ3v) is 4.81. The fourth-order valence-electron chi connectivity index (χ4n) is 2.92. The van der Waals surface area contributed by atoms with Gasteiger partial charge in [0.2, 0.25) is 5.28 Å². The predicted octanol–water partition coefficient (Wildman–Crippen LogP) is 1.14. The molecule has 2 aliphatic heterocycles. The Labute approximate surface area is 130 Å². The molecular formula is C11H12Cl3N3O3. The maximum absolute atomic E-state index is 9.76. The number of fused-ring (bicyclic) bond motifs is 2. The molecule has 9 heteroatoms. The summed E-state index contributed by atoms with van der Waals surface area (Å²) in [4.78, 5) is 9.68. The molecule has 2 bridgehead atoms. The Morgan fingerprint density at radius 2 is 1.95 bits per heavy atom. The molecule has 0 unspecified atom stereocenters. The quantitative estimate of drug-likeness (QED) is 0.634. The summed E-state index contributed by atoms with van der Waals surface area (Å²) < 4.78 is 5.63. The van der Waals surface area contributed by atoms with Crippen LogP contribution in [0.15, 0.2) is 0 Å². The topological polar surface area (TPSA) is 78.7 Å². The summed E-state index contributed by atoms with van der Waals surface area (Å²) in [6, 6.07) is 0. The summed E-state index contributed by atoms with van der Waals surface area (Å²) in [6.07, 6.45) is 0.489. The minimum Gasteiger partial charge on any atom is -0.394 e. The Kier molecular flexibility index (Phi) is 3.52. The lowest BCUT2D eigenvalue weighted by atomic mass is 9.95. The molecule has 20 heavy (non-hydrogen) atoms. The van der Waals surface area contributed by atoms with E-state index in [9.17, 15) is 10.2 Å². The van der Waals surface area contributed by atoms with Crippen molar-refractivity contribution < 1.29 is 14.9 Å². The average Bonchev–Trinajstić information content (AvgIpc) is 2.97. The number of morpholine rings is 1. The van der Waals surface area contributed by atoms with Crippen LogP contribution in [0.5, 0.6) is 0 Å². The van der Waals surface area contributed by atoms with E-state index < -0.39 is 11.1 Å². The lowest BCUT2D eigenvalue weighted by Crippen LogP contribution is -2.53. The Morgan fingerprint density at radius 1 is 1.20 bits per heavy atom. The number of rotatable bonds is 3. The first-order valence-electron chi connectivity index (χ1n) is 5.97. The normalized spacial score (nSPS) is 32.1. The SMILES string of the molecule is OC[C@]12CN(c3nc(Cl)nc(Cl)c3Cl)[C@](CO)(CO1)C2. The zero-order valence-corrected chi connectivity index (χ0v) is 12.6. The minimum atomic E-state index is -0.712. The molecule has 0 amide bonds. The monoisotopic (exact) mass is 339 g/mol. The minimum absolute atomic E-state index is 0.0239. The zero-order valence-electron chi connectivity index (χ0n) is 10.3. The predicted molar refractivity (Wildman–Crippen MR) is 74.6 cm³/mol. The van der Waals surface area contributed by atoms with E-state index >= 15 is 0 Å². The van der Waals surface area contributed by atoms with E-state index in [2.05, 4.69) is 9.97 Å². The van der Waals surface area contributed by atoms with Crippen LogP contribution in [0.2, 0.25) is 15.5 Å². The number of hydrogen-bond acceptors (Lipinski definition) is 6. The molecule has 0 aliphatic carbocycles. The highest BCUT2D eigenvalue weighted by Gasteiger charge is 2.60. The number of aromatic nitrogens is 2. The Hall–Kier alpha value is -0.370. The first-order chi connectivity index (χ1) is 9.45. The molecule has 110 valence electrons. The number of anilines is 1. The van der Waals surface area contributed by atoms with Crippen molar-refractivity contribution in [3.8, 4) is 0 Å². The van der Waals surface area contributed by atoms with Crippen LogP contribution in [0.3, 0.4) is 0 Å². The van der Waals surface area contributed by atoms with Gasteiger partial charge in [-0.05, 0) is 11.6 Å². The highest BCUT2D eigenvalue weighted by atomic mass is 35.5. The van der Waals surface area contributed by atoms with Crippen molar-refractivity contribution in [1.82, 2.24) is 9.97 Å². The second-order valence-electron chi connectivity index (χ2n) is 5.20. The van der Waals surface area contributed by atoms with Gasteiger partial charge in [0, 0.05) is 6.42 Å². The molecule has 3 rings (SSSR count). The molecule has 2 aliphatic rings. The van der Waals surface area contributed by atoms with Crippen molar-refractivity contribution in [3.05, 3.63) is 15.5 Å². The molecular weight excluding hydrogens is 328 g/mol. The summed E-state index contributed by atoms with van der Waals surface area (Å²) in [6.45, 7) is 0.340. The molecule has 2 saturated heterocycles. The number of aliphatic hydroxyl groups excluding tert-OH is 2. The maximum Gasteiger partial charge on any atom is 0.225 e. The van der Waals surface area contributed by atoms with Crippen LogP contribution >= 0.6 is 34.8 Å². The standard InChI is InChI=1S/C11H12Cl3N3O3/c12-6-7(13)15-9(14)16-8(6)17-2-11(4-19)1-10(17,3-18)5-20-11/h18-19H,1-5H2/t10-,11+/m1/s1. The van der Waals surface area contributed by atoms with Gasteiger partial charge in [-0.25, -0.2) is 4.98 Å². The number of hydrogen-bond donors (Lipinski definition) is 2. The third kappa shape index (κ3) is 1.98. The molecule has 0 saturated carbocycles. The third-order valence-electron chi connectivity index (χ3n) is 3.92. The van der Waals surface area contributed by atoms with Gasteiger partial charge < -0.3 is 19.8 Å². The van der Waals surface area contributed by atoms with Gasteiger partial charge in [0.15, 0.2) is 11.0 Å². The Morgan fingerprint density at radius 3 is 2.60 bits per heavy atom. The van der Waals surface area contributed by atoms with E-state index in [4.69, 9.17) is 39.5 Å². The highest BCUT2D eigenvalue weighted by molar-refractivity contribution is 6.43. The molecule has 6 nitrogen and oxygen atoms in total. The van der Waals surface area contributed by atoms with Gasteiger partial charge in [-0.2, -0.15) is 4.98 Å². The van der Waals surface area contributed by atoms with Gasteiger partial charge >= 0.3 is 0 Å². The number of nitrogens with zero attached hydrogens (tertiary/aromatic N) is 3. The largest absolute Gasteiger partial charge is 0.394 e. The van der Waals surface area contributed by atoms with Gasteiger partial charge in [-0.15, -0.1) is 0 Å². The smallest absolute Gasteiger partial charge is 0.225 e. The van der Waals surface area contributed by atoms with Crippen LogP contribution < -0.4 is 4.90 Å².